The van der Waals surface area contributed by atoms with Gasteiger partial charge in [0.2, 0.25) is 0 Å². The SMILES string of the molecule is CCCCCCCCc1noc(-c2ccc(C(N)Cc3csc4ccccc34)cc2)n1. The molecule has 0 amide bonds. The van der Waals surface area contributed by atoms with Gasteiger partial charge in [-0.15, -0.1) is 11.3 Å². The molecule has 0 bridgehead atoms. The number of nitrogens with two attached hydrogens (primary N) is 1. The summed E-state index contributed by atoms with van der Waals surface area (Å²) < 4.78 is 6.80. The molecule has 1 atom stereocenters. The number of unbranched alkanes of at least 4 members (excludes halogenated alkanes) is 5. The molecule has 162 valence electrons. The van der Waals surface area contributed by atoms with E-state index in [1.807, 2.05) is 12.1 Å². The van der Waals surface area contributed by atoms with Crippen LogP contribution in [-0.4, -0.2) is 10.1 Å². The highest BCUT2D eigenvalue weighted by Gasteiger charge is 2.13. The first-order valence-corrected chi connectivity index (χ1v) is 12.3. The van der Waals surface area contributed by atoms with Gasteiger partial charge in [0.25, 0.3) is 5.89 Å². The molecular formula is C26H31N3OS. The maximum absolute atomic E-state index is 6.52. The lowest BCUT2D eigenvalue weighted by atomic mass is 9.98. The van der Waals surface area contributed by atoms with E-state index in [0.29, 0.717) is 5.89 Å². The lowest BCUT2D eigenvalue weighted by molar-refractivity contribution is 0.421. The van der Waals surface area contributed by atoms with Gasteiger partial charge in [0.1, 0.15) is 0 Å². The number of nitrogens with zero attached hydrogens (tertiary/aromatic N) is 2. The van der Waals surface area contributed by atoms with E-state index in [4.69, 9.17) is 10.3 Å². The van der Waals surface area contributed by atoms with Crippen LogP contribution in [0.3, 0.4) is 0 Å². The highest BCUT2D eigenvalue weighted by Crippen LogP contribution is 2.29. The number of benzene rings is 2. The molecule has 4 aromatic rings. The quantitative estimate of drug-likeness (QED) is 0.256. The summed E-state index contributed by atoms with van der Waals surface area (Å²) in [7, 11) is 0. The molecule has 2 N–H and O–H groups in total. The molecule has 2 aromatic carbocycles. The van der Waals surface area contributed by atoms with Crippen LogP contribution < -0.4 is 5.73 Å². The van der Waals surface area contributed by atoms with Gasteiger partial charge in [-0.2, -0.15) is 4.98 Å². The third kappa shape index (κ3) is 5.60. The minimum Gasteiger partial charge on any atom is -0.334 e. The summed E-state index contributed by atoms with van der Waals surface area (Å²) in [5.74, 6) is 1.39. The van der Waals surface area contributed by atoms with Crippen LogP contribution in [0, 0.1) is 0 Å². The van der Waals surface area contributed by atoms with Crippen LogP contribution in [0.15, 0.2) is 58.4 Å². The predicted molar refractivity (Wildman–Crippen MR) is 129 cm³/mol. The van der Waals surface area contributed by atoms with Gasteiger partial charge in [-0.05, 0) is 52.9 Å². The van der Waals surface area contributed by atoms with E-state index < -0.39 is 0 Å². The Balaban J connectivity index is 1.33. The molecule has 0 aliphatic carbocycles. The smallest absolute Gasteiger partial charge is 0.257 e. The largest absolute Gasteiger partial charge is 0.334 e. The third-order valence-electron chi connectivity index (χ3n) is 5.81. The fourth-order valence-corrected chi connectivity index (χ4v) is 4.93. The van der Waals surface area contributed by atoms with Gasteiger partial charge >= 0.3 is 0 Å². The molecule has 4 nitrogen and oxygen atoms in total. The molecule has 2 heterocycles. The van der Waals surface area contributed by atoms with Crippen molar-refractivity contribution < 1.29 is 4.52 Å². The summed E-state index contributed by atoms with van der Waals surface area (Å²) >= 11 is 1.78. The van der Waals surface area contributed by atoms with Gasteiger partial charge in [-0.3, -0.25) is 0 Å². The predicted octanol–water partition coefficient (Wildman–Crippen LogP) is 7.10. The van der Waals surface area contributed by atoms with Gasteiger partial charge in [0.15, 0.2) is 5.82 Å². The lowest BCUT2D eigenvalue weighted by Gasteiger charge is -2.12. The first kappa shape index (κ1) is 21.7. The van der Waals surface area contributed by atoms with Crippen LogP contribution in [0.4, 0.5) is 0 Å². The van der Waals surface area contributed by atoms with Crippen molar-refractivity contribution in [2.24, 2.45) is 5.73 Å². The first-order chi connectivity index (χ1) is 15.2. The standard InChI is InChI=1S/C26H31N3OS/c1-2-3-4-5-6-7-12-25-28-26(30-29-25)20-15-13-19(14-16-20)23(27)17-21-18-31-24-11-9-8-10-22(21)24/h8-11,13-16,18,23H,2-7,12,17,27H2,1H3. The molecule has 31 heavy (non-hydrogen) atoms. The Morgan fingerprint density at radius 3 is 2.58 bits per heavy atom. The molecular weight excluding hydrogens is 402 g/mol. The second kappa shape index (κ2) is 10.7. The molecule has 4 rings (SSSR count). The van der Waals surface area contributed by atoms with Crippen molar-refractivity contribution in [3.63, 3.8) is 0 Å². The van der Waals surface area contributed by atoms with Gasteiger partial charge < -0.3 is 10.3 Å². The molecule has 0 aliphatic rings. The minimum atomic E-state index is -0.0435. The summed E-state index contributed by atoms with van der Waals surface area (Å²) in [5, 5.41) is 7.69. The van der Waals surface area contributed by atoms with Gasteiger partial charge in [-0.25, -0.2) is 0 Å². The van der Waals surface area contributed by atoms with Crippen LogP contribution in [0.25, 0.3) is 21.5 Å². The molecule has 0 radical (unpaired) electrons. The van der Waals surface area contributed by atoms with E-state index >= 15 is 0 Å². The average Bonchev–Trinajstić information content (AvgIpc) is 3.44. The first-order valence-electron chi connectivity index (χ1n) is 11.4. The lowest BCUT2D eigenvalue weighted by Crippen LogP contribution is -2.13. The summed E-state index contributed by atoms with van der Waals surface area (Å²) in [4.78, 5) is 4.58. The van der Waals surface area contributed by atoms with E-state index in [9.17, 15) is 0 Å². The van der Waals surface area contributed by atoms with Gasteiger partial charge in [-0.1, -0.05) is 74.5 Å². The van der Waals surface area contributed by atoms with Crippen molar-refractivity contribution in [2.75, 3.05) is 0 Å². The molecule has 5 heteroatoms. The Kier molecular flexibility index (Phi) is 7.49. The molecule has 0 fully saturated rings. The summed E-state index contributed by atoms with van der Waals surface area (Å²) in [5.41, 5.74) is 9.89. The van der Waals surface area contributed by atoms with Crippen LogP contribution in [-0.2, 0) is 12.8 Å². The van der Waals surface area contributed by atoms with Crippen molar-refractivity contribution in [1.29, 1.82) is 0 Å². The van der Waals surface area contributed by atoms with Crippen molar-refractivity contribution in [3.8, 4) is 11.5 Å². The number of aryl methyl sites for hydroxylation is 1. The second-order valence-corrected chi connectivity index (χ2v) is 9.13. The van der Waals surface area contributed by atoms with Crippen LogP contribution >= 0.6 is 11.3 Å². The maximum atomic E-state index is 6.52. The third-order valence-corrected chi connectivity index (χ3v) is 6.82. The Labute approximate surface area is 188 Å². The number of hydrogen-bond donors (Lipinski definition) is 1. The van der Waals surface area contributed by atoms with Crippen molar-refractivity contribution in [3.05, 3.63) is 70.9 Å². The van der Waals surface area contributed by atoms with E-state index in [1.165, 1.54) is 47.8 Å². The fourth-order valence-electron chi connectivity index (χ4n) is 3.95. The van der Waals surface area contributed by atoms with E-state index in [1.54, 1.807) is 11.3 Å². The minimum absolute atomic E-state index is 0.0435. The normalized spacial score (nSPS) is 12.5. The molecule has 0 saturated heterocycles. The average molecular weight is 434 g/mol. The number of aromatic nitrogens is 2. The van der Waals surface area contributed by atoms with Crippen LogP contribution in [0.1, 0.15) is 68.4 Å². The Bertz CT molecular complexity index is 1080. The number of fused-ring (bicyclic) bond motifs is 1. The Hall–Kier alpha value is -2.50. The summed E-state index contributed by atoms with van der Waals surface area (Å²) in [6.07, 6.45) is 9.29. The monoisotopic (exact) mass is 433 g/mol. The zero-order valence-corrected chi connectivity index (χ0v) is 19.0. The Morgan fingerprint density at radius 1 is 0.968 bits per heavy atom. The van der Waals surface area contributed by atoms with Crippen molar-refractivity contribution in [1.82, 2.24) is 10.1 Å². The van der Waals surface area contributed by atoms with E-state index in [0.717, 1.165) is 36.2 Å². The second-order valence-electron chi connectivity index (χ2n) is 8.22. The number of hydrogen-bond acceptors (Lipinski definition) is 5. The van der Waals surface area contributed by atoms with Crippen molar-refractivity contribution in [2.45, 2.75) is 64.3 Å². The molecule has 1 unspecified atom stereocenters. The maximum Gasteiger partial charge on any atom is 0.257 e. The molecule has 0 spiro atoms. The zero-order valence-electron chi connectivity index (χ0n) is 18.2. The van der Waals surface area contributed by atoms with Crippen LogP contribution in [0.5, 0.6) is 0 Å². The highest BCUT2D eigenvalue weighted by molar-refractivity contribution is 7.17. The summed E-state index contributed by atoms with van der Waals surface area (Å²) in [6.45, 7) is 2.24. The molecule has 0 aliphatic heterocycles. The Morgan fingerprint density at radius 2 is 1.74 bits per heavy atom. The number of rotatable bonds is 11. The highest BCUT2D eigenvalue weighted by atomic mass is 32.1. The fraction of sp³-hybridized carbons (Fsp3) is 0.385. The molecule has 2 aromatic heterocycles. The van der Waals surface area contributed by atoms with Crippen LogP contribution in [0.2, 0.25) is 0 Å². The van der Waals surface area contributed by atoms with Gasteiger partial charge in [0, 0.05) is 22.7 Å². The number of thiophene rings is 1. The van der Waals surface area contributed by atoms with E-state index in [2.05, 4.69) is 58.8 Å². The van der Waals surface area contributed by atoms with E-state index in [-0.39, 0.29) is 6.04 Å². The van der Waals surface area contributed by atoms with Crippen molar-refractivity contribution >= 4 is 21.4 Å². The molecule has 0 saturated carbocycles. The topological polar surface area (TPSA) is 64.9 Å². The zero-order chi connectivity index (χ0) is 21.5. The van der Waals surface area contributed by atoms with Gasteiger partial charge in [0.05, 0.1) is 0 Å². The summed E-state index contributed by atoms with van der Waals surface area (Å²) in [6, 6.07) is 16.7.